The lowest BCUT2D eigenvalue weighted by Gasteiger charge is -2.05. The molecule has 0 fully saturated rings. The lowest BCUT2D eigenvalue weighted by atomic mass is 10.2. The second kappa shape index (κ2) is 4.71. The highest BCUT2D eigenvalue weighted by atomic mass is 32.1. The highest BCUT2D eigenvalue weighted by Crippen LogP contribution is 2.14. The van der Waals surface area contributed by atoms with Crippen molar-refractivity contribution in [1.29, 1.82) is 0 Å². The van der Waals surface area contributed by atoms with Crippen LogP contribution in [0.4, 0.5) is 0 Å². The van der Waals surface area contributed by atoms with Gasteiger partial charge in [0.2, 0.25) is 0 Å². The number of aromatic amines is 1. The van der Waals surface area contributed by atoms with Gasteiger partial charge in [0.15, 0.2) is 10.7 Å². The van der Waals surface area contributed by atoms with E-state index in [2.05, 4.69) is 9.97 Å². The van der Waals surface area contributed by atoms with Gasteiger partial charge >= 0.3 is 5.97 Å². The maximum atomic E-state index is 10.3. The van der Waals surface area contributed by atoms with E-state index in [-0.39, 0.29) is 6.42 Å². The largest absolute Gasteiger partial charge is 0.482 e. The number of hydrogen-bond donors (Lipinski definition) is 2. The van der Waals surface area contributed by atoms with Crippen LogP contribution in [0.5, 0.6) is 5.88 Å². The van der Waals surface area contributed by atoms with E-state index in [1.54, 1.807) is 0 Å². The van der Waals surface area contributed by atoms with Crippen LogP contribution in [-0.2, 0) is 11.2 Å². The first-order valence-corrected chi connectivity index (χ1v) is 4.38. The van der Waals surface area contributed by atoms with Crippen molar-refractivity contribution in [3.63, 3.8) is 0 Å². The summed E-state index contributed by atoms with van der Waals surface area (Å²) >= 11 is 4.80. The molecule has 6 heteroatoms. The second-order valence-electron chi connectivity index (χ2n) is 2.64. The standard InChI is InChI=1S/C8H10N2O3S/c1-13-7-5(2-3-6(11)12)4-9-8(14)10-7/h4H,2-3H2,1H3,(H,11,12)(H,9,10,14). The lowest BCUT2D eigenvalue weighted by Crippen LogP contribution is -2.01. The van der Waals surface area contributed by atoms with Crippen molar-refractivity contribution >= 4 is 18.2 Å². The molecule has 0 aromatic carbocycles. The number of methoxy groups -OCH3 is 1. The SMILES string of the molecule is COc1[nH]c(=S)ncc1CCC(=O)O. The van der Waals surface area contributed by atoms with Gasteiger partial charge in [0.05, 0.1) is 7.11 Å². The summed E-state index contributed by atoms with van der Waals surface area (Å²) in [5.41, 5.74) is 0.712. The third kappa shape index (κ3) is 2.81. The molecule has 1 aromatic rings. The maximum Gasteiger partial charge on any atom is 0.303 e. The summed E-state index contributed by atoms with van der Waals surface area (Å²) in [7, 11) is 1.49. The highest BCUT2D eigenvalue weighted by Gasteiger charge is 2.05. The van der Waals surface area contributed by atoms with Crippen molar-refractivity contribution < 1.29 is 14.6 Å². The van der Waals surface area contributed by atoms with Crippen molar-refractivity contribution in [2.45, 2.75) is 12.8 Å². The zero-order valence-corrected chi connectivity index (χ0v) is 8.43. The molecule has 0 radical (unpaired) electrons. The number of carbonyl (C=O) groups is 1. The Balaban J connectivity index is 2.85. The molecule has 2 N–H and O–H groups in total. The molecular formula is C8H10N2O3S. The first-order valence-electron chi connectivity index (χ1n) is 3.97. The van der Waals surface area contributed by atoms with Crippen LogP contribution in [0.3, 0.4) is 0 Å². The fourth-order valence-electron chi connectivity index (χ4n) is 1.01. The van der Waals surface area contributed by atoms with Gasteiger partial charge in [-0.2, -0.15) is 0 Å². The lowest BCUT2D eigenvalue weighted by molar-refractivity contribution is -0.136. The van der Waals surface area contributed by atoms with Crippen LogP contribution in [0, 0.1) is 4.77 Å². The molecule has 0 bridgehead atoms. The van der Waals surface area contributed by atoms with E-state index >= 15 is 0 Å². The Bertz CT molecular complexity index is 388. The van der Waals surface area contributed by atoms with Gasteiger partial charge in [-0.1, -0.05) is 0 Å². The fourth-order valence-corrected chi connectivity index (χ4v) is 1.15. The summed E-state index contributed by atoms with van der Waals surface area (Å²) in [5, 5.41) is 8.50. The molecule has 0 aliphatic heterocycles. The molecule has 0 aliphatic carbocycles. The number of carboxylic acid groups (broad SMARTS) is 1. The van der Waals surface area contributed by atoms with E-state index in [1.807, 2.05) is 0 Å². The minimum Gasteiger partial charge on any atom is -0.482 e. The summed E-state index contributed by atoms with van der Waals surface area (Å²) in [4.78, 5) is 16.9. The zero-order valence-electron chi connectivity index (χ0n) is 7.61. The Morgan fingerprint density at radius 1 is 1.79 bits per heavy atom. The molecule has 0 atom stereocenters. The van der Waals surface area contributed by atoms with Crippen LogP contribution >= 0.6 is 12.2 Å². The molecule has 0 unspecified atom stereocenters. The van der Waals surface area contributed by atoms with Crippen molar-refractivity contribution in [2.24, 2.45) is 0 Å². The molecule has 5 nitrogen and oxygen atoms in total. The minimum absolute atomic E-state index is 0.0443. The molecule has 0 amide bonds. The van der Waals surface area contributed by atoms with Crippen LogP contribution in [0.1, 0.15) is 12.0 Å². The number of nitrogens with zero attached hydrogens (tertiary/aromatic N) is 1. The number of H-pyrrole nitrogens is 1. The topological polar surface area (TPSA) is 75.2 Å². The van der Waals surface area contributed by atoms with Crippen LogP contribution in [0.15, 0.2) is 6.20 Å². The predicted molar refractivity (Wildman–Crippen MR) is 51.9 cm³/mol. The van der Waals surface area contributed by atoms with Gasteiger partial charge in [0, 0.05) is 18.2 Å². The van der Waals surface area contributed by atoms with Gasteiger partial charge in [-0.15, -0.1) is 0 Å². The molecule has 0 aliphatic rings. The number of nitrogens with one attached hydrogen (secondary N) is 1. The van der Waals surface area contributed by atoms with E-state index < -0.39 is 5.97 Å². The first-order chi connectivity index (χ1) is 6.63. The van der Waals surface area contributed by atoms with Crippen LogP contribution in [0.25, 0.3) is 0 Å². The van der Waals surface area contributed by atoms with Gasteiger partial charge in [-0.25, -0.2) is 4.98 Å². The molecular weight excluding hydrogens is 204 g/mol. The number of aryl methyl sites for hydroxylation is 1. The highest BCUT2D eigenvalue weighted by molar-refractivity contribution is 7.71. The van der Waals surface area contributed by atoms with E-state index in [4.69, 9.17) is 22.1 Å². The van der Waals surface area contributed by atoms with Crippen molar-refractivity contribution in [2.75, 3.05) is 7.11 Å². The van der Waals surface area contributed by atoms with E-state index in [9.17, 15) is 4.79 Å². The number of ether oxygens (including phenoxy) is 1. The minimum atomic E-state index is -0.852. The summed E-state index contributed by atoms with van der Waals surface area (Å²) in [5.74, 6) is -0.374. The average Bonchev–Trinajstić information content (AvgIpc) is 2.15. The van der Waals surface area contributed by atoms with Gasteiger partial charge < -0.3 is 14.8 Å². The molecule has 0 saturated heterocycles. The van der Waals surface area contributed by atoms with Gasteiger partial charge in [0.25, 0.3) is 0 Å². The smallest absolute Gasteiger partial charge is 0.303 e. The number of aliphatic carboxylic acids is 1. The Kier molecular flexibility index (Phi) is 3.58. The maximum absolute atomic E-state index is 10.3. The molecule has 1 heterocycles. The van der Waals surface area contributed by atoms with Crippen LogP contribution in [0.2, 0.25) is 0 Å². The van der Waals surface area contributed by atoms with Crippen molar-refractivity contribution in [3.05, 3.63) is 16.5 Å². The Morgan fingerprint density at radius 3 is 3.07 bits per heavy atom. The zero-order chi connectivity index (χ0) is 10.6. The third-order valence-corrected chi connectivity index (χ3v) is 1.87. The summed E-state index contributed by atoms with van der Waals surface area (Å²) in [6, 6.07) is 0. The van der Waals surface area contributed by atoms with Crippen molar-refractivity contribution in [3.8, 4) is 5.88 Å². The molecule has 76 valence electrons. The number of aromatic nitrogens is 2. The Labute approximate surface area is 85.8 Å². The Hall–Kier alpha value is -1.43. The summed E-state index contributed by atoms with van der Waals surface area (Å²) < 4.78 is 5.32. The number of carboxylic acids is 1. The van der Waals surface area contributed by atoms with Gasteiger partial charge in [0.1, 0.15) is 0 Å². The second-order valence-corrected chi connectivity index (χ2v) is 3.03. The summed E-state index contributed by atoms with van der Waals surface area (Å²) in [6.45, 7) is 0. The predicted octanol–water partition coefficient (Wildman–Crippen LogP) is 1.16. The normalized spacial score (nSPS) is 9.79. The third-order valence-electron chi connectivity index (χ3n) is 1.66. The van der Waals surface area contributed by atoms with E-state index in [1.165, 1.54) is 13.3 Å². The fraction of sp³-hybridized carbons (Fsp3) is 0.375. The first kappa shape index (κ1) is 10.6. The summed E-state index contributed by atoms with van der Waals surface area (Å²) in [6.07, 6.45) is 1.95. The molecule has 14 heavy (non-hydrogen) atoms. The molecule has 0 saturated carbocycles. The quantitative estimate of drug-likeness (QED) is 0.736. The van der Waals surface area contributed by atoms with Gasteiger partial charge in [-0.3, -0.25) is 4.79 Å². The van der Waals surface area contributed by atoms with E-state index in [0.29, 0.717) is 22.6 Å². The number of rotatable bonds is 4. The van der Waals surface area contributed by atoms with E-state index in [0.717, 1.165) is 0 Å². The number of hydrogen-bond acceptors (Lipinski definition) is 4. The van der Waals surface area contributed by atoms with Crippen LogP contribution < -0.4 is 4.74 Å². The van der Waals surface area contributed by atoms with Gasteiger partial charge in [-0.05, 0) is 18.6 Å². The van der Waals surface area contributed by atoms with Crippen LogP contribution in [-0.4, -0.2) is 28.2 Å². The average molecular weight is 214 g/mol. The Morgan fingerprint density at radius 2 is 2.50 bits per heavy atom. The molecule has 1 rings (SSSR count). The molecule has 1 aromatic heterocycles. The van der Waals surface area contributed by atoms with Crippen molar-refractivity contribution in [1.82, 2.24) is 9.97 Å². The monoisotopic (exact) mass is 214 g/mol. The molecule has 0 spiro atoms.